The Labute approximate surface area is 106 Å². The average Bonchev–Trinajstić information content (AvgIpc) is 3.00. The van der Waals surface area contributed by atoms with E-state index >= 15 is 0 Å². The number of halogens is 1. The van der Waals surface area contributed by atoms with Crippen LogP contribution in [0.25, 0.3) is 11.3 Å². The minimum Gasteiger partial charge on any atom is -0.464 e. The summed E-state index contributed by atoms with van der Waals surface area (Å²) >= 11 is 6.19. The molecule has 3 rings (SSSR count). The Morgan fingerprint density at radius 3 is 2.88 bits per heavy atom. The van der Waals surface area contributed by atoms with Crippen LogP contribution in [0.5, 0.6) is 0 Å². The predicted molar refractivity (Wildman–Crippen MR) is 69.0 cm³/mol. The lowest BCUT2D eigenvalue weighted by molar-refractivity contribution is 0.582. The van der Waals surface area contributed by atoms with Crippen molar-refractivity contribution in [2.24, 2.45) is 0 Å². The van der Waals surface area contributed by atoms with Crippen LogP contribution in [-0.2, 0) is 6.54 Å². The summed E-state index contributed by atoms with van der Waals surface area (Å²) in [5.41, 5.74) is 2.21. The summed E-state index contributed by atoms with van der Waals surface area (Å²) in [5.74, 6) is 0.884. The third-order valence-corrected chi connectivity index (χ3v) is 3.38. The lowest BCUT2D eigenvalue weighted by Crippen LogP contribution is -2.15. The third-order valence-electron chi connectivity index (χ3n) is 3.01. The molecule has 0 aliphatic heterocycles. The highest BCUT2D eigenvalue weighted by atomic mass is 35.5. The van der Waals surface area contributed by atoms with Crippen molar-refractivity contribution in [3.8, 4) is 11.3 Å². The Hall–Kier alpha value is -1.25. The molecule has 1 heterocycles. The second kappa shape index (κ2) is 4.55. The van der Waals surface area contributed by atoms with E-state index in [4.69, 9.17) is 16.0 Å². The van der Waals surface area contributed by atoms with Crippen LogP contribution in [0.15, 0.2) is 41.0 Å². The Bertz CT molecular complexity index is 503. The highest BCUT2D eigenvalue weighted by molar-refractivity contribution is 6.31. The summed E-state index contributed by atoms with van der Waals surface area (Å²) in [5, 5.41) is 4.28. The van der Waals surface area contributed by atoms with Crippen LogP contribution in [0.3, 0.4) is 0 Å². The topological polar surface area (TPSA) is 25.2 Å². The van der Waals surface area contributed by atoms with Gasteiger partial charge in [0.15, 0.2) is 0 Å². The molecule has 0 spiro atoms. The molecule has 0 unspecified atom stereocenters. The van der Waals surface area contributed by atoms with Crippen molar-refractivity contribution in [2.45, 2.75) is 25.4 Å². The Balaban J connectivity index is 1.83. The molecular weight excluding hydrogens is 234 g/mol. The standard InChI is InChI=1S/C14H14ClNO/c15-13-6-3-10(14-2-1-7-17-14)8-11(13)9-16-12-4-5-12/h1-3,6-8,12,16H,4-5,9H2. The fraction of sp³-hybridized carbons (Fsp3) is 0.286. The lowest BCUT2D eigenvalue weighted by Gasteiger charge is -2.07. The zero-order valence-electron chi connectivity index (χ0n) is 9.45. The van der Waals surface area contributed by atoms with E-state index < -0.39 is 0 Å². The van der Waals surface area contributed by atoms with Crippen molar-refractivity contribution in [2.75, 3.05) is 0 Å². The number of rotatable bonds is 4. The van der Waals surface area contributed by atoms with Gasteiger partial charge < -0.3 is 9.73 Å². The molecule has 0 bridgehead atoms. The maximum Gasteiger partial charge on any atom is 0.133 e. The van der Waals surface area contributed by atoms with Gasteiger partial charge in [0.2, 0.25) is 0 Å². The molecule has 1 aliphatic rings. The Morgan fingerprint density at radius 2 is 2.18 bits per heavy atom. The van der Waals surface area contributed by atoms with Crippen LogP contribution in [0.2, 0.25) is 5.02 Å². The Morgan fingerprint density at radius 1 is 1.29 bits per heavy atom. The van der Waals surface area contributed by atoms with E-state index in [0.717, 1.165) is 28.5 Å². The molecule has 0 atom stereocenters. The average molecular weight is 248 g/mol. The molecule has 1 fully saturated rings. The van der Waals surface area contributed by atoms with Gasteiger partial charge in [-0.1, -0.05) is 11.6 Å². The van der Waals surface area contributed by atoms with Crippen molar-refractivity contribution in [1.82, 2.24) is 5.32 Å². The molecule has 3 heteroatoms. The fourth-order valence-corrected chi connectivity index (χ4v) is 2.03. The first kappa shape index (κ1) is 10.9. The third kappa shape index (κ3) is 2.54. The van der Waals surface area contributed by atoms with E-state index in [1.165, 1.54) is 12.8 Å². The van der Waals surface area contributed by atoms with Crippen molar-refractivity contribution in [3.63, 3.8) is 0 Å². The van der Waals surface area contributed by atoms with Gasteiger partial charge in [0, 0.05) is 23.2 Å². The lowest BCUT2D eigenvalue weighted by atomic mass is 10.1. The molecule has 1 N–H and O–H groups in total. The summed E-state index contributed by atoms with van der Waals surface area (Å²) in [6, 6.07) is 10.6. The Kier molecular flexibility index (Phi) is 2.91. The highest BCUT2D eigenvalue weighted by Crippen LogP contribution is 2.26. The molecule has 1 aromatic carbocycles. The summed E-state index contributed by atoms with van der Waals surface area (Å²) in [6.07, 6.45) is 4.26. The molecule has 1 aromatic heterocycles. The van der Waals surface area contributed by atoms with Crippen LogP contribution in [0, 0.1) is 0 Å². The van der Waals surface area contributed by atoms with E-state index in [1.807, 2.05) is 24.3 Å². The summed E-state index contributed by atoms with van der Waals surface area (Å²) in [7, 11) is 0. The van der Waals surface area contributed by atoms with E-state index in [2.05, 4.69) is 11.4 Å². The first-order valence-corrected chi connectivity index (χ1v) is 6.26. The molecule has 0 radical (unpaired) electrons. The quantitative estimate of drug-likeness (QED) is 0.888. The summed E-state index contributed by atoms with van der Waals surface area (Å²) < 4.78 is 5.39. The maximum absolute atomic E-state index is 6.19. The highest BCUT2D eigenvalue weighted by Gasteiger charge is 2.20. The van der Waals surface area contributed by atoms with Crippen LogP contribution >= 0.6 is 11.6 Å². The van der Waals surface area contributed by atoms with Gasteiger partial charge in [0.1, 0.15) is 5.76 Å². The largest absolute Gasteiger partial charge is 0.464 e. The van der Waals surface area contributed by atoms with Crippen molar-refractivity contribution < 1.29 is 4.42 Å². The maximum atomic E-state index is 6.19. The minimum atomic E-state index is 0.693. The van der Waals surface area contributed by atoms with Crippen LogP contribution in [-0.4, -0.2) is 6.04 Å². The van der Waals surface area contributed by atoms with E-state index in [-0.39, 0.29) is 0 Å². The van der Waals surface area contributed by atoms with Gasteiger partial charge in [-0.25, -0.2) is 0 Å². The minimum absolute atomic E-state index is 0.693. The zero-order valence-corrected chi connectivity index (χ0v) is 10.2. The SMILES string of the molecule is Clc1ccc(-c2ccco2)cc1CNC1CC1. The number of benzene rings is 1. The van der Waals surface area contributed by atoms with Gasteiger partial charge in [-0.2, -0.15) is 0 Å². The van der Waals surface area contributed by atoms with Gasteiger partial charge in [-0.05, 0) is 48.7 Å². The van der Waals surface area contributed by atoms with Gasteiger partial charge in [-0.3, -0.25) is 0 Å². The van der Waals surface area contributed by atoms with Gasteiger partial charge in [0.05, 0.1) is 6.26 Å². The molecule has 0 saturated heterocycles. The van der Waals surface area contributed by atoms with Crippen molar-refractivity contribution in [3.05, 3.63) is 47.2 Å². The zero-order chi connectivity index (χ0) is 11.7. The number of furan rings is 1. The van der Waals surface area contributed by atoms with Crippen molar-refractivity contribution in [1.29, 1.82) is 0 Å². The normalized spacial score (nSPS) is 15.1. The summed E-state index contributed by atoms with van der Waals surface area (Å²) in [4.78, 5) is 0. The van der Waals surface area contributed by atoms with Crippen LogP contribution in [0.1, 0.15) is 18.4 Å². The second-order valence-corrected chi connectivity index (χ2v) is 4.85. The molecule has 2 nitrogen and oxygen atoms in total. The van der Waals surface area contributed by atoms with Crippen molar-refractivity contribution >= 4 is 11.6 Å². The number of hydrogen-bond acceptors (Lipinski definition) is 2. The number of nitrogens with one attached hydrogen (secondary N) is 1. The van der Waals surface area contributed by atoms with Crippen LogP contribution in [0.4, 0.5) is 0 Å². The van der Waals surface area contributed by atoms with E-state index in [0.29, 0.717) is 6.04 Å². The number of hydrogen-bond donors (Lipinski definition) is 1. The van der Waals surface area contributed by atoms with Gasteiger partial charge in [-0.15, -0.1) is 0 Å². The van der Waals surface area contributed by atoms with Gasteiger partial charge in [0.25, 0.3) is 0 Å². The first-order chi connectivity index (χ1) is 8.33. The van der Waals surface area contributed by atoms with E-state index in [1.54, 1.807) is 6.26 Å². The monoisotopic (exact) mass is 247 g/mol. The first-order valence-electron chi connectivity index (χ1n) is 5.88. The molecule has 17 heavy (non-hydrogen) atoms. The molecule has 1 aliphatic carbocycles. The molecule has 88 valence electrons. The second-order valence-electron chi connectivity index (χ2n) is 4.44. The van der Waals surface area contributed by atoms with Gasteiger partial charge >= 0.3 is 0 Å². The molecule has 1 saturated carbocycles. The molecule has 0 amide bonds. The fourth-order valence-electron chi connectivity index (χ4n) is 1.85. The van der Waals surface area contributed by atoms with Crippen LogP contribution < -0.4 is 5.32 Å². The smallest absolute Gasteiger partial charge is 0.133 e. The summed E-state index contributed by atoms with van der Waals surface area (Å²) in [6.45, 7) is 0.831. The molecular formula is C14H14ClNO. The predicted octanol–water partition coefficient (Wildman–Crippen LogP) is 3.85. The molecule has 2 aromatic rings. The van der Waals surface area contributed by atoms with E-state index in [9.17, 15) is 0 Å².